The maximum absolute atomic E-state index is 7.75. The van der Waals surface area contributed by atoms with Gasteiger partial charge in [0.15, 0.2) is 0 Å². The van der Waals surface area contributed by atoms with E-state index in [1.165, 1.54) is 0 Å². The molecule has 0 atom stereocenters. The second-order valence-electron chi connectivity index (χ2n) is 0.512. The molecule has 0 fully saturated rings. The van der Waals surface area contributed by atoms with E-state index >= 15 is 0 Å². The Morgan fingerprint density at radius 1 is 1.60 bits per heavy atom. The van der Waals surface area contributed by atoms with Crippen LogP contribution in [0.25, 0.3) is 0 Å². The van der Waals surface area contributed by atoms with Gasteiger partial charge in [-0.1, -0.05) is 0 Å². The molecule has 0 aliphatic heterocycles. The van der Waals surface area contributed by atoms with Crippen molar-refractivity contribution in [1.82, 2.24) is 0 Å². The van der Waals surface area contributed by atoms with Crippen molar-refractivity contribution in [3.05, 3.63) is 0 Å². The van der Waals surface area contributed by atoms with E-state index in [1.807, 2.05) is 0 Å². The molecule has 0 heterocycles. The van der Waals surface area contributed by atoms with Gasteiger partial charge in [-0.15, -0.1) is 0 Å². The van der Waals surface area contributed by atoms with E-state index in [9.17, 15) is 0 Å². The molecule has 0 spiro atoms. The van der Waals surface area contributed by atoms with E-state index in [4.69, 9.17) is 10.8 Å². The Labute approximate surface area is 41.8 Å². The quantitative estimate of drug-likeness (QED) is 0.417. The predicted molar refractivity (Wildman–Crippen MR) is 24.7 cm³/mol. The van der Waals surface area contributed by atoms with Gasteiger partial charge in [-0.05, 0) is 0 Å². The summed E-state index contributed by atoms with van der Waals surface area (Å²) in [7, 11) is 0. The summed E-state index contributed by atoms with van der Waals surface area (Å²) in [6.07, 6.45) is 0. The minimum absolute atomic E-state index is 0. The number of nitrogens with two attached hydrogens (primary N) is 1. The van der Waals surface area contributed by atoms with Crippen LogP contribution in [0.2, 0.25) is 0 Å². The first-order valence-corrected chi connectivity index (χ1v) is 1.22. The van der Waals surface area contributed by atoms with Gasteiger partial charge in [-0.25, -0.2) is 0 Å². The molecule has 5 heavy (non-hydrogen) atoms. The number of hydrogen-bond acceptors (Lipinski definition) is 2. The van der Waals surface area contributed by atoms with Gasteiger partial charge in [0.25, 0.3) is 0 Å². The maximum atomic E-state index is 7.75. The standard InChI is InChI=1S/C2H7NO.H2Se/c3-1-2-4;/h4H,1-3H2;1H2. The van der Waals surface area contributed by atoms with E-state index in [2.05, 4.69) is 0 Å². The second kappa shape index (κ2) is 8.83. The van der Waals surface area contributed by atoms with Crippen molar-refractivity contribution in [1.29, 1.82) is 0 Å². The summed E-state index contributed by atoms with van der Waals surface area (Å²) in [5.41, 5.74) is 4.78. The van der Waals surface area contributed by atoms with Crippen LogP contribution < -0.4 is 5.73 Å². The van der Waals surface area contributed by atoms with E-state index in [0.29, 0.717) is 6.54 Å². The first-order valence-electron chi connectivity index (χ1n) is 1.22. The van der Waals surface area contributed by atoms with Gasteiger partial charge in [-0.2, -0.15) is 0 Å². The molecular formula is C2H9NOSe. The summed E-state index contributed by atoms with van der Waals surface area (Å²) in [5, 5.41) is 7.75. The zero-order valence-electron chi connectivity index (χ0n) is 2.94. The van der Waals surface area contributed by atoms with Gasteiger partial charge >= 0.3 is 17.1 Å². The van der Waals surface area contributed by atoms with Crippen molar-refractivity contribution in [3.8, 4) is 0 Å². The molecule has 0 aromatic carbocycles. The molecule has 0 rings (SSSR count). The number of hydrogen-bond donors (Lipinski definition) is 2. The summed E-state index contributed by atoms with van der Waals surface area (Å²) in [4.78, 5) is 0. The zero-order valence-corrected chi connectivity index (χ0v) is 5.04. The zero-order chi connectivity index (χ0) is 3.41. The molecular weight excluding hydrogens is 133 g/mol. The van der Waals surface area contributed by atoms with E-state index in [1.54, 1.807) is 0 Å². The fourth-order valence-corrected chi connectivity index (χ4v) is 0. The topological polar surface area (TPSA) is 46.2 Å². The Kier molecular flexibility index (Phi) is 16.0. The Bertz CT molecular complexity index is 11.6. The number of aliphatic hydroxyl groups excluding tert-OH is 1. The van der Waals surface area contributed by atoms with Crippen molar-refractivity contribution in [3.63, 3.8) is 0 Å². The van der Waals surface area contributed by atoms with Gasteiger partial charge < -0.3 is 10.8 Å². The van der Waals surface area contributed by atoms with Gasteiger partial charge in [0.05, 0.1) is 6.61 Å². The van der Waals surface area contributed by atoms with Crippen LogP contribution in [-0.2, 0) is 0 Å². The van der Waals surface area contributed by atoms with Crippen LogP contribution in [0.3, 0.4) is 0 Å². The number of rotatable bonds is 1. The molecule has 0 aromatic heterocycles. The van der Waals surface area contributed by atoms with Crippen molar-refractivity contribution < 1.29 is 5.11 Å². The van der Waals surface area contributed by atoms with E-state index < -0.39 is 0 Å². The number of aliphatic hydroxyl groups is 1. The fourth-order valence-electron chi connectivity index (χ4n) is 0. The summed E-state index contributed by atoms with van der Waals surface area (Å²) in [6.45, 7) is 0.472. The van der Waals surface area contributed by atoms with Crippen LogP contribution in [0.5, 0.6) is 0 Å². The van der Waals surface area contributed by atoms with E-state index in [0.717, 1.165) is 0 Å². The van der Waals surface area contributed by atoms with Crippen LogP contribution in [0.15, 0.2) is 0 Å². The van der Waals surface area contributed by atoms with Crippen molar-refractivity contribution >= 4 is 17.1 Å². The molecule has 0 saturated heterocycles. The van der Waals surface area contributed by atoms with Gasteiger partial charge in [0.2, 0.25) is 0 Å². The monoisotopic (exact) mass is 143 g/mol. The molecule has 3 N–H and O–H groups in total. The molecule has 2 nitrogen and oxygen atoms in total. The summed E-state index contributed by atoms with van der Waals surface area (Å²) >= 11 is 0. The summed E-state index contributed by atoms with van der Waals surface area (Å²) in [6, 6.07) is 0. The molecule has 0 amide bonds. The van der Waals surface area contributed by atoms with E-state index in [-0.39, 0.29) is 23.7 Å². The second-order valence-corrected chi connectivity index (χ2v) is 0.512. The molecule has 3 heteroatoms. The summed E-state index contributed by atoms with van der Waals surface area (Å²) in [5.74, 6) is 0. The average Bonchev–Trinajstić information content (AvgIpc) is 1.37. The Morgan fingerprint density at radius 2 is 1.80 bits per heavy atom. The fraction of sp³-hybridized carbons (Fsp3) is 1.00. The summed E-state index contributed by atoms with van der Waals surface area (Å²) < 4.78 is 0. The van der Waals surface area contributed by atoms with Crippen LogP contribution in [0.4, 0.5) is 0 Å². The van der Waals surface area contributed by atoms with Crippen molar-refractivity contribution in [2.75, 3.05) is 13.2 Å². The van der Waals surface area contributed by atoms with Crippen LogP contribution in [0, 0.1) is 0 Å². The molecule has 0 radical (unpaired) electrons. The van der Waals surface area contributed by atoms with Gasteiger partial charge in [-0.3, -0.25) is 0 Å². The Hall–Kier alpha value is 0.439. The normalized spacial score (nSPS) is 6.00. The average molecular weight is 142 g/mol. The van der Waals surface area contributed by atoms with Gasteiger partial charge in [0, 0.05) is 6.54 Å². The van der Waals surface area contributed by atoms with Crippen LogP contribution >= 0.6 is 0 Å². The first kappa shape index (κ1) is 9.06. The minimum atomic E-state index is 0. The third-order valence-electron chi connectivity index (χ3n) is 0.129. The van der Waals surface area contributed by atoms with Crippen molar-refractivity contribution in [2.24, 2.45) is 5.73 Å². The van der Waals surface area contributed by atoms with Crippen LogP contribution in [-0.4, -0.2) is 35.3 Å². The third-order valence-corrected chi connectivity index (χ3v) is 0.129. The Balaban J connectivity index is 0. The Morgan fingerprint density at radius 3 is 1.80 bits per heavy atom. The molecule has 0 bridgehead atoms. The molecule has 0 aliphatic carbocycles. The molecule has 34 valence electrons. The molecule has 0 saturated carbocycles. The SMILES string of the molecule is NCCO.[SeH2]. The van der Waals surface area contributed by atoms with Crippen LogP contribution in [0.1, 0.15) is 0 Å². The third kappa shape index (κ3) is 12.8. The van der Waals surface area contributed by atoms with Crippen molar-refractivity contribution in [2.45, 2.75) is 0 Å². The molecule has 0 aliphatic rings. The predicted octanol–water partition coefficient (Wildman–Crippen LogP) is -1.98. The first-order chi connectivity index (χ1) is 1.91. The van der Waals surface area contributed by atoms with Gasteiger partial charge in [0.1, 0.15) is 0 Å². The molecule has 0 unspecified atom stereocenters. The molecule has 0 aromatic rings.